The van der Waals surface area contributed by atoms with E-state index in [1.54, 1.807) is 6.20 Å². The molecule has 1 aromatic heterocycles. The number of amides is 1. The van der Waals surface area contributed by atoms with Gasteiger partial charge in [-0.2, -0.15) is 0 Å². The van der Waals surface area contributed by atoms with Gasteiger partial charge in [0.2, 0.25) is 5.91 Å². The lowest BCUT2D eigenvalue weighted by molar-refractivity contribution is -0.135. The zero-order valence-electron chi connectivity index (χ0n) is 12.4. The van der Waals surface area contributed by atoms with Crippen molar-refractivity contribution >= 4 is 17.2 Å². The molecule has 1 aromatic rings. The Bertz CT molecular complexity index is 457. The van der Waals surface area contributed by atoms with Gasteiger partial charge in [-0.05, 0) is 31.6 Å². The van der Waals surface area contributed by atoms with Gasteiger partial charge < -0.3 is 10.0 Å². The van der Waals surface area contributed by atoms with Crippen molar-refractivity contribution in [2.45, 2.75) is 63.5 Å². The van der Waals surface area contributed by atoms with Crippen LogP contribution in [-0.2, 0) is 4.79 Å². The fourth-order valence-electron chi connectivity index (χ4n) is 3.73. The van der Waals surface area contributed by atoms with E-state index in [0.717, 1.165) is 24.4 Å². The maximum absolute atomic E-state index is 12.6. The van der Waals surface area contributed by atoms with Crippen molar-refractivity contribution < 1.29 is 9.90 Å². The van der Waals surface area contributed by atoms with Crippen molar-refractivity contribution in [1.29, 1.82) is 0 Å². The van der Waals surface area contributed by atoms with Crippen LogP contribution in [0.1, 0.15) is 62.5 Å². The molecule has 0 radical (unpaired) electrons. The van der Waals surface area contributed by atoms with Crippen molar-refractivity contribution in [3.05, 3.63) is 16.6 Å². The summed E-state index contributed by atoms with van der Waals surface area (Å²) >= 11 is 1.47. The summed E-state index contributed by atoms with van der Waals surface area (Å²) in [6.07, 6.45) is 9.88. The predicted octanol–water partition coefficient (Wildman–Crippen LogP) is 3.14. The van der Waals surface area contributed by atoms with E-state index in [2.05, 4.69) is 4.98 Å². The molecule has 4 nitrogen and oxygen atoms in total. The Morgan fingerprint density at radius 2 is 2.14 bits per heavy atom. The van der Waals surface area contributed by atoms with Gasteiger partial charge in [-0.25, -0.2) is 4.98 Å². The average Bonchev–Trinajstić information content (AvgIpc) is 3.19. The van der Waals surface area contributed by atoms with E-state index in [9.17, 15) is 9.90 Å². The molecule has 2 atom stereocenters. The molecule has 1 saturated carbocycles. The monoisotopic (exact) mass is 308 g/mol. The highest BCUT2D eigenvalue weighted by molar-refractivity contribution is 7.09. The molecule has 0 spiro atoms. The first-order valence-electron chi connectivity index (χ1n) is 8.12. The molecule has 2 heterocycles. The van der Waals surface area contributed by atoms with Crippen molar-refractivity contribution in [2.24, 2.45) is 5.92 Å². The number of aromatic nitrogens is 1. The Hall–Kier alpha value is -0.940. The summed E-state index contributed by atoms with van der Waals surface area (Å²) in [5.41, 5.74) is 0. The SMILES string of the molecule is O=C(CC1CCCCC1)N1CCCC1C(O)c1nccs1. The van der Waals surface area contributed by atoms with E-state index in [1.807, 2.05) is 10.3 Å². The summed E-state index contributed by atoms with van der Waals surface area (Å²) in [6.45, 7) is 0.790. The summed E-state index contributed by atoms with van der Waals surface area (Å²) in [7, 11) is 0. The van der Waals surface area contributed by atoms with E-state index >= 15 is 0 Å². The first kappa shape index (κ1) is 15.0. The smallest absolute Gasteiger partial charge is 0.223 e. The number of thiazole rings is 1. The Labute approximate surface area is 130 Å². The van der Waals surface area contributed by atoms with Gasteiger partial charge in [-0.15, -0.1) is 11.3 Å². The third kappa shape index (κ3) is 3.46. The minimum Gasteiger partial charge on any atom is -0.384 e. The van der Waals surface area contributed by atoms with E-state index in [-0.39, 0.29) is 11.9 Å². The van der Waals surface area contributed by atoms with Crippen LogP contribution >= 0.6 is 11.3 Å². The molecule has 116 valence electrons. The summed E-state index contributed by atoms with van der Waals surface area (Å²) < 4.78 is 0. The van der Waals surface area contributed by atoms with Gasteiger partial charge >= 0.3 is 0 Å². The van der Waals surface area contributed by atoms with Crippen LogP contribution in [0.3, 0.4) is 0 Å². The highest BCUT2D eigenvalue weighted by Crippen LogP contribution is 2.33. The third-order valence-electron chi connectivity index (χ3n) is 4.88. The number of carbonyl (C=O) groups is 1. The topological polar surface area (TPSA) is 53.4 Å². The molecule has 0 aromatic carbocycles. The Balaban J connectivity index is 1.61. The minimum absolute atomic E-state index is 0.0766. The number of aliphatic hydroxyl groups excluding tert-OH is 1. The number of aliphatic hydroxyl groups is 1. The molecule has 1 amide bonds. The molecule has 1 saturated heterocycles. The molecular weight excluding hydrogens is 284 g/mol. The van der Waals surface area contributed by atoms with Crippen LogP contribution in [0.5, 0.6) is 0 Å². The van der Waals surface area contributed by atoms with Crippen molar-refractivity contribution in [3.63, 3.8) is 0 Å². The molecule has 5 heteroatoms. The zero-order chi connectivity index (χ0) is 14.7. The van der Waals surface area contributed by atoms with Crippen LogP contribution in [0.25, 0.3) is 0 Å². The number of hydrogen-bond donors (Lipinski definition) is 1. The average molecular weight is 308 g/mol. The van der Waals surface area contributed by atoms with E-state index < -0.39 is 6.10 Å². The molecule has 2 fully saturated rings. The van der Waals surface area contributed by atoms with E-state index in [4.69, 9.17) is 0 Å². The molecule has 21 heavy (non-hydrogen) atoms. The standard InChI is InChI=1S/C16H24N2O2S/c19-14(11-12-5-2-1-3-6-12)18-9-4-7-13(18)15(20)16-17-8-10-21-16/h8,10,12-13,15,20H,1-7,9,11H2. The third-order valence-corrected chi connectivity index (χ3v) is 5.72. The van der Waals surface area contributed by atoms with E-state index in [1.165, 1.54) is 43.4 Å². The highest BCUT2D eigenvalue weighted by Gasteiger charge is 2.36. The second-order valence-electron chi connectivity index (χ2n) is 6.32. The number of likely N-dealkylation sites (tertiary alicyclic amines) is 1. The largest absolute Gasteiger partial charge is 0.384 e. The minimum atomic E-state index is -0.622. The fourth-order valence-corrected chi connectivity index (χ4v) is 4.41. The van der Waals surface area contributed by atoms with Crippen LogP contribution < -0.4 is 0 Å². The summed E-state index contributed by atoms with van der Waals surface area (Å²) in [6, 6.07) is -0.0766. The molecule has 1 N–H and O–H groups in total. The molecule has 2 aliphatic rings. The van der Waals surface area contributed by atoms with Crippen molar-refractivity contribution in [3.8, 4) is 0 Å². The molecule has 1 aliphatic heterocycles. The lowest BCUT2D eigenvalue weighted by atomic mass is 9.86. The van der Waals surface area contributed by atoms with Crippen LogP contribution in [0.4, 0.5) is 0 Å². The molecule has 2 unspecified atom stereocenters. The molecule has 1 aliphatic carbocycles. The Kier molecular flexibility index (Phi) is 4.91. The van der Waals surface area contributed by atoms with Crippen LogP contribution in [0, 0.1) is 5.92 Å². The summed E-state index contributed by atoms with van der Waals surface area (Å²) in [4.78, 5) is 18.7. The Morgan fingerprint density at radius 3 is 2.86 bits per heavy atom. The number of hydrogen-bond acceptors (Lipinski definition) is 4. The molecular formula is C16H24N2O2S. The van der Waals surface area contributed by atoms with Crippen molar-refractivity contribution in [2.75, 3.05) is 6.54 Å². The second-order valence-corrected chi connectivity index (χ2v) is 7.25. The number of rotatable bonds is 4. The normalized spacial score (nSPS) is 25.2. The lowest BCUT2D eigenvalue weighted by Crippen LogP contribution is -2.40. The molecule has 0 bridgehead atoms. The predicted molar refractivity (Wildman–Crippen MR) is 83.0 cm³/mol. The van der Waals surface area contributed by atoms with Gasteiger partial charge in [0.1, 0.15) is 11.1 Å². The van der Waals surface area contributed by atoms with Gasteiger partial charge in [0.05, 0.1) is 6.04 Å². The number of carbonyl (C=O) groups excluding carboxylic acids is 1. The first-order chi connectivity index (χ1) is 10.3. The molecule has 3 rings (SSSR count). The number of nitrogens with zero attached hydrogens (tertiary/aromatic N) is 2. The maximum atomic E-state index is 12.6. The van der Waals surface area contributed by atoms with Crippen LogP contribution in [0.2, 0.25) is 0 Å². The second kappa shape index (κ2) is 6.88. The maximum Gasteiger partial charge on any atom is 0.223 e. The van der Waals surface area contributed by atoms with Gasteiger partial charge in [0.15, 0.2) is 0 Å². The fraction of sp³-hybridized carbons (Fsp3) is 0.750. The zero-order valence-corrected chi connectivity index (χ0v) is 13.2. The quantitative estimate of drug-likeness (QED) is 0.929. The van der Waals surface area contributed by atoms with Gasteiger partial charge in [0.25, 0.3) is 0 Å². The van der Waals surface area contributed by atoms with Gasteiger partial charge in [-0.1, -0.05) is 19.3 Å². The Morgan fingerprint density at radius 1 is 1.33 bits per heavy atom. The van der Waals surface area contributed by atoms with Crippen LogP contribution in [0.15, 0.2) is 11.6 Å². The van der Waals surface area contributed by atoms with E-state index in [0.29, 0.717) is 12.3 Å². The van der Waals surface area contributed by atoms with Gasteiger partial charge in [0, 0.05) is 24.5 Å². The summed E-state index contributed by atoms with van der Waals surface area (Å²) in [5, 5.41) is 13.1. The van der Waals surface area contributed by atoms with Gasteiger partial charge in [-0.3, -0.25) is 4.79 Å². The van der Waals surface area contributed by atoms with Crippen molar-refractivity contribution in [1.82, 2.24) is 9.88 Å². The summed E-state index contributed by atoms with van der Waals surface area (Å²) in [5.74, 6) is 0.796. The first-order valence-corrected chi connectivity index (χ1v) is 9.00. The lowest BCUT2D eigenvalue weighted by Gasteiger charge is -2.30. The van der Waals surface area contributed by atoms with Crippen LogP contribution in [-0.4, -0.2) is 33.5 Å². The highest BCUT2D eigenvalue weighted by atomic mass is 32.1.